The van der Waals surface area contributed by atoms with Crippen LogP contribution in [0.15, 0.2) is 77.8 Å². The zero-order valence-corrected chi connectivity index (χ0v) is 22.1. The number of hydrogen-bond acceptors (Lipinski definition) is 8. The molecule has 8 nitrogen and oxygen atoms in total. The summed E-state index contributed by atoms with van der Waals surface area (Å²) in [5.74, 6) is 0.809. The van der Waals surface area contributed by atoms with Gasteiger partial charge in [0.05, 0.1) is 20.0 Å². The van der Waals surface area contributed by atoms with Crippen LogP contribution in [0.5, 0.6) is 5.75 Å². The first-order chi connectivity index (χ1) is 18.0. The molecule has 2 heterocycles. The minimum absolute atomic E-state index is 0.0942. The van der Waals surface area contributed by atoms with E-state index in [1.165, 1.54) is 30.2 Å². The number of nitrogens with zero attached hydrogens (tertiary/aromatic N) is 3. The summed E-state index contributed by atoms with van der Waals surface area (Å²) in [5.41, 5.74) is 2.93. The quantitative estimate of drug-likeness (QED) is 0.158. The number of carbonyl (C=O) groups is 2. The average molecular weight is 535 g/mol. The fourth-order valence-electron chi connectivity index (χ4n) is 3.68. The Morgan fingerprint density at radius 2 is 1.86 bits per heavy atom. The smallest absolute Gasteiger partial charge is 0.341 e. The Labute approximate surface area is 223 Å². The molecule has 37 heavy (non-hydrogen) atoms. The van der Waals surface area contributed by atoms with Gasteiger partial charge in [-0.05, 0) is 23.3 Å². The predicted molar refractivity (Wildman–Crippen MR) is 146 cm³/mol. The summed E-state index contributed by atoms with van der Waals surface area (Å²) in [6.07, 6.45) is 2.40. The molecule has 0 radical (unpaired) electrons. The van der Waals surface area contributed by atoms with Crippen molar-refractivity contribution in [1.82, 2.24) is 14.8 Å². The van der Waals surface area contributed by atoms with Crippen molar-refractivity contribution in [2.45, 2.75) is 18.1 Å². The summed E-state index contributed by atoms with van der Waals surface area (Å²) in [6, 6.07) is 17.3. The highest BCUT2D eigenvalue weighted by molar-refractivity contribution is 7.99. The first kappa shape index (κ1) is 26.2. The molecular formula is C27H26N4O4S2. The molecule has 0 unspecified atom stereocenters. The highest BCUT2D eigenvalue weighted by Crippen LogP contribution is 2.37. The monoisotopic (exact) mass is 534 g/mol. The van der Waals surface area contributed by atoms with E-state index in [1.807, 2.05) is 64.5 Å². The number of nitrogens with one attached hydrogen (secondary N) is 1. The van der Waals surface area contributed by atoms with Crippen LogP contribution in [0.1, 0.15) is 21.7 Å². The van der Waals surface area contributed by atoms with E-state index in [0.717, 1.165) is 17.0 Å². The number of rotatable bonds is 11. The normalized spacial score (nSPS) is 10.6. The second-order valence-corrected chi connectivity index (χ2v) is 9.69. The van der Waals surface area contributed by atoms with Gasteiger partial charge in [0.25, 0.3) is 0 Å². The number of allylic oxidation sites excluding steroid dienone is 1. The lowest BCUT2D eigenvalue weighted by molar-refractivity contribution is -0.113. The second-order valence-electron chi connectivity index (χ2n) is 7.87. The first-order valence-corrected chi connectivity index (χ1v) is 13.2. The van der Waals surface area contributed by atoms with Gasteiger partial charge in [0, 0.05) is 23.9 Å². The highest BCUT2D eigenvalue weighted by atomic mass is 32.2. The van der Waals surface area contributed by atoms with Gasteiger partial charge >= 0.3 is 5.97 Å². The number of hydrogen-bond donors (Lipinski definition) is 1. The number of methoxy groups -OCH3 is 2. The molecule has 2 aromatic heterocycles. The van der Waals surface area contributed by atoms with E-state index in [-0.39, 0.29) is 11.7 Å². The maximum Gasteiger partial charge on any atom is 0.341 e. The molecule has 10 heteroatoms. The lowest BCUT2D eigenvalue weighted by Gasteiger charge is -2.09. The van der Waals surface area contributed by atoms with Crippen LogP contribution in [-0.4, -0.2) is 46.6 Å². The predicted octanol–water partition coefficient (Wildman–Crippen LogP) is 5.31. The second kappa shape index (κ2) is 12.4. The number of benzene rings is 2. The summed E-state index contributed by atoms with van der Waals surface area (Å²) in [5, 5.41) is 14.4. The molecule has 1 N–H and O–H groups in total. The van der Waals surface area contributed by atoms with Crippen molar-refractivity contribution < 1.29 is 19.1 Å². The zero-order chi connectivity index (χ0) is 26.2. The van der Waals surface area contributed by atoms with Gasteiger partial charge in [-0.1, -0.05) is 60.3 Å². The van der Waals surface area contributed by atoms with Crippen molar-refractivity contribution in [3.05, 3.63) is 89.6 Å². The molecule has 0 bridgehead atoms. The maximum absolute atomic E-state index is 12.9. The molecular weight excluding hydrogens is 508 g/mol. The molecule has 0 fully saturated rings. The van der Waals surface area contributed by atoms with Crippen LogP contribution in [0.3, 0.4) is 0 Å². The molecule has 0 atom stereocenters. The van der Waals surface area contributed by atoms with E-state index in [2.05, 4.69) is 22.1 Å². The molecule has 1 amide bonds. The van der Waals surface area contributed by atoms with Crippen molar-refractivity contribution in [3.63, 3.8) is 0 Å². The van der Waals surface area contributed by atoms with Crippen LogP contribution in [0.4, 0.5) is 5.00 Å². The fraction of sp³-hybridized carbons (Fsp3) is 0.185. The van der Waals surface area contributed by atoms with E-state index in [4.69, 9.17) is 9.47 Å². The van der Waals surface area contributed by atoms with E-state index in [9.17, 15) is 9.59 Å². The van der Waals surface area contributed by atoms with E-state index < -0.39 is 5.97 Å². The van der Waals surface area contributed by atoms with Crippen molar-refractivity contribution in [2.24, 2.45) is 0 Å². The third kappa shape index (κ3) is 6.28. The van der Waals surface area contributed by atoms with Gasteiger partial charge < -0.3 is 19.4 Å². The number of ether oxygens (including phenoxy) is 2. The Kier molecular flexibility index (Phi) is 8.76. The third-order valence-corrected chi connectivity index (χ3v) is 7.34. The fourth-order valence-corrected chi connectivity index (χ4v) is 5.42. The molecule has 0 spiro atoms. The summed E-state index contributed by atoms with van der Waals surface area (Å²) in [6.45, 7) is 4.36. The molecule has 190 valence electrons. The van der Waals surface area contributed by atoms with Gasteiger partial charge in [0.15, 0.2) is 5.16 Å². The molecule has 4 rings (SSSR count). The lowest BCUT2D eigenvalue weighted by Crippen LogP contribution is -2.16. The third-order valence-electron chi connectivity index (χ3n) is 5.48. The molecule has 2 aromatic carbocycles. The Balaban J connectivity index is 1.48. The minimum atomic E-state index is -0.522. The van der Waals surface area contributed by atoms with Crippen LogP contribution in [0.25, 0.3) is 11.1 Å². The number of thiophene rings is 1. The lowest BCUT2D eigenvalue weighted by atomic mass is 10.0. The number of carbonyl (C=O) groups excluding carboxylic acids is 2. The van der Waals surface area contributed by atoms with Crippen LogP contribution in [0, 0.1) is 0 Å². The van der Waals surface area contributed by atoms with Gasteiger partial charge in [0.1, 0.15) is 22.1 Å². The number of amides is 1. The minimum Gasteiger partial charge on any atom is -0.497 e. The van der Waals surface area contributed by atoms with Gasteiger partial charge in [0.2, 0.25) is 5.91 Å². The summed E-state index contributed by atoms with van der Waals surface area (Å²) in [7, 11) is 2.91. The first-order valence-electron chi connectivity index (χ1n) is 11.4. The Morgan fingerprint density at radius 1 is 1.11 bits per heavy atom. The SMILES string of the molecule is C=CCn1c(Cc2ccccc2)nnc1SCC(=O)Nc1scc(-c2ccc(OC)cc2)c1C(=O)OC. The van der Waals surface area contributed by atoms with Crippen LogP contribution < -0.4 is 10.1 Å². The standard InChI is InChI=1S/C27H26N4O4S2/c1-4-14-31-22(15-18-8-6-5-7-9-18)29-30-27(31)37-17-23(32)28-25-24(26(33)35-3)21(16-36-25)19-10-12-20(34-2)13-11-19/h4-13,16H,1,14-15,17H2,2-3H3,(H,28,32). The van der Waals surface area contributed by atoms with Crippen molar-refractivity contribution in [3.8, 4) is 16.9 Å². The van der Waals surface area contributed by atoms with E-state index in [0.29, 0.717) is 40.0 Å². The molecule has 0 aliphatic carbocycles. The molecule has 0 saturated carbocycles. The van der Waals surface area contributed by atoms with Gasteiger partial charge in [-0.3, -0.25) is 4.79 Å². The molecule has 0 aliphatic rings. The number of anilines is 1. The van der Waals surface area contributed by atoms with Crippen LogP contribution in [0.2, 0.25) is 0 Å². The van der Waals surface area contributed by atoms with Gasteiger partial charge in [-0.2, -0.15) is 0 Å². The number of esters is 1. The maximum atomic E-state index is 12.9. The topological polar surface area (TPSA) is 95.3 Å². The van der Waals surface area contributed by atoms with Gasteiger partial charge in [-0.25, -0.2) is 4.79 Å². The summed E-state index contributed by atoms with van der Waals surface area (Å²) >= 11 is 2.55. The average Bonchev–Trinajstić information content (AvgIpc) is 3.51. The molecule has 0 saturated heterocycles. The largest absolute Gasteiger partial charge is 0.497 e. The van der Waals surface area contributed by atoms with Crippen molar-refractivity contribution in [1.29, 1.82) is 0 Å². The van der Waals surface area contributed by atoms with E-state index >= 15 is 0 Å². The summed E-state index contributed by atoms with van der Waals surface area (Å²) < 4.78 is 12.2. The highest BCUT2D eigenvalue weighted by Gasteiger charge is 2.23. The Morgan fingerprint density at radius 3 is 2.54 bits per heavy atom. The zero-order valence-electron chi connectivity index (χ0n) is 20.5. The van der Waals surface area contributed by atoms with Crippen molar-refractivity contribution >= 4 is 40.0 Å². The summed E-state index contributed by atoms with van der Waals surface area (Å²) in [4.78, 5) is 25.5. The number of aromatic nitrogens is 3. The Hall–Kier alpha value is -3.89. The van der Waals surface area contributed by atoms with Gasteiger partial charge in [-0.15, -0.1) is 28.1 Å². The molecule has 4 aromatic rings. The van der Waals surface area contributed by atoms with E-state index in [1.54, 1.807) is 13.2 Å². The number of thioether (sulfide) groups is 1. The Bertz CT molecular complexity index is 1380. The van der Waals surface area contributed by atoms with Crippen molar-refractivity contribution in [2.75, 3.05) is 25.3 Å². The van der Waals surface area contributed by atoms with Crippen LogP contribution >= 0.6 is 23.1 Å². The molecule has 0 aliphatic heterocycles. The van der Waals surface area contributed by atoms with Crippen LogP contribution in [-0.2, 0) is 22.5 Å².